The SMILES string of the molecule is COc1ccc([C@@H](CS(C)(=O)=O)N2C(=O)c3cccc(NC(C)=O)c3C2=O)cc1C. The highest BCUT2D eigenvalue weighted by Gasteiger charge is 2.43. The van der Waals surface area contributed by atoms with Crippen LogP contribution in [0.1, 0.15) is 44.8 Å². The Morgan fingerprint density at radius 3 is 2.43 bits per heavy atom. The normalized spacial score (nSPS) is 14.5. The fourth-order valence-electron chi connectivity index (χ4n) is 3.60. The average Bonchev–Trinajstić information content (AvgIpc) is 2.90. The topological polar surface area (TPSA) is 110 Å². The van der Waals surface area contributed by atoms with Gasteiger partial charge in [0.2, 0.25) is 5.91 Å². The highest BCUT2D eigenvalue weighted by atomic mass is 32.2. The lowest BCUT2D eigenvalue weighted by atomic mass is 10.0. The first-order valence-corrected chi connectivity index (χ1v) is 11.2. The monoisotopic (exact) mass is 430 g/mol. The molecule has 1 heterocycles. The maximum Gasteiger partial charge on any atom is 0.264 e. The number of sulfone groups is 1. The van der Waals surface area contributed by atoms with E-state index in [9.17, 15) is 22.8 Å². The summed E-state index contributed by atoms with van der Waals surface area (Å²) in [6.45, 7) is 3.09. The number of hydrogen-bond donors (Lipinski definition) is 1. The summed E-state index contributed by atoms with van der Waals surface area (Å²) in [5.74, 6) is -1.47. The summed E-state index contributed by atoms with van der Waals surface area (Å²) < 4.78 is 29.5. The molecule has 1 aliphatic rings. The first kappa shape index (κ1) is 21.5. The smallest absolute Gasteiger partial charge is 0.264 e. The molecular weight excluding hydrogens is 408 g/mol. The van der Waals surface area contributed by atoms with Crippen LogP contribution in [-0.2, 0) is 14.6 Å². The molecule has 30 heavy (non-hydrogen) atoms. The Kier molecular flexibility index (Phi) is 5.67. The van der Waals surface area contributed by atoms with Gasteiger partial charge in [-0.25, -0.2) is 8.42 Å². The average molecular weight is 430 g/mol. The fourth-order valence-corrected chi connectivity index (χ4v) is 4.51. The van der Waals surface area contributed by atoms with Crippen LogP contribution in [0.25, 0.3) is 0 Å². The first-order chi connectivity index (χ1) is 14.0. The van der Waals surface area contributed by atoms with Crippen LogP contribution in [0.4, 0.5) is 5.69 Å². The van der Waals surface area contributed by atoms with Gasteiger partial charge in [-0.05, 0) is 36.2 Å². The van der Waals surface area contributed by atoms with Gasteiger partial charge in [0.1, 0.15) is 15.6 Å². The summed E-state index contributed by atoms with van der Waals surface area (Å²) in [4.78, 5) is 38.8. The van der Waals surface area contributed by atoms with Crippen LogP contribution in [0.3, 0.4) is 0 Å². The van der Waals surface area contributed by atoms with Crippen LogP contribution in [0.15, 0.2) is 36.4 Å². The number of ether oxygens (including phenoxy) is 1. The summed E-state index contributed by atoms with van der Waals surface area (Å²) in [5, 5.41) is 2.55. The van der Waals surface area contributed by atoms with E-state index in [1.807, 2.05) is 0 Å². The Labute approximate surface area is 174 Å². The van der Waals surface area contributed by atoms with Crippen molar-refractivity contribution in [2.45, 2.75) is 19.9 Å². The highest BCUT2D eigenvalue weighted by molar-refractivity contribution is 7.90. The zero-order valence-corrected chi connectivity index (χ0v) is 17.9. The number of imide groups is 1. The molecule has 0 unspecified atom stereocenters. The second-order valence-electron chi connectivity index (χ2n) is 7.23. The molecular formula is C21H22N2O6S. The predicted octanol–water partition coefficient (Wildman–Crippen LogP) is 2.34. The molecule has 3 rings (SSSR count). The van der Waals surface area contributed by atoms with Crippen molar-refractivity contribution in [3.8, 4) is 5.75 Å². The number of methoxy groups -OCH3 is 1. The Morgan fingerprint density at radius 1 is 1.17 bits per heavy atom. The van der Waals surface area contributed by atoms with Gasteiger partial charge in [-0.2, -0.15) is 0 Å². The standard InChI is InChI=1S/C21H22N2O6S/c1-12-10-14(8-9-18(12)29-3)17(11-30(4,27)28)23-20(25)15-6-5-7-16(22-13(2)24)19(15)21(23)26/h5-10,17H,11H2,1-4H3,(H,22,24)/t17-/m1/s1. The number of carbonyl (C=O) groups excluding carboxylic acids is 3. The van der Waals surface area contributed by atoms with Crippen molar-refractivity contribution >= 4 is 33.2 Å². The van der Waals surface area contributed by atoms with E-state index in [0.717, 1.165) is 16.7 Å². The molecule has 9 heteroatoms. The zero-order valence-electron chi connectivity index (χ0n) is 17.1. The van der Waals surface area contributed by atoms with Crippen molar-refractivity contribution in [1.29, 1.82) is 0 Å². The second kappa shape index (κ2) is 7.91. The number of fused-ring (bicyclic) bond motifs is 1. The number of hydrogen-bond acceptors (Lipinski definition) is 6. The molecule has 0 aromatic heterocycles. The van der Waals surface area contributed by atoms with Gasteiger partial charge in [0.05, 0.1) is 35.7 Å². The van der Waals surface area contributed by atoms with E-state index in [1.165, 1.54) is 26.2 Å². The van der Waals surface area contributed by atoms with Gasteiger partial charge < -0.3 is 10.1 Å². The third-order valence-corrected chi connectivity index (χ3v) is 5.75. The Hall–Kier alpha value is -3.20. The quantitative estimate of drug-likeness (QED) is 0.705. The van der Waals surface area contributed by atoms with Crippen molar-refractivity contribution in [2.24, 2.45) is 0 Å². The predicted molar refractivity (Wildman–Crippen MR) is 111 cm³/mol. The lowest BCUT2D eigenvalue weighted by Crippen LogP contribution is -2.37. The minimum absolute atomic E-state index is 0.0569. The number of benzene rings is 2. The van der Waals surface area contributed by atoms with Gasteiger partial charge in [-0.15, -0.1) is 0 Å². The maximum atomic E-state index is 13.3. The summed E-state index contributed by atoms with van der Waals surface area (Å²) in [6.07, 6.45) is 1.05. The molecule has 0 spiro atoms. The van der Waals surface area contributed by atoms with Crippen molar-refractivity contribution < 1.29 is 27.5 Å². The van der Waals surface area contributed by atoms with Crippen LogP contribution in [0.2, 0.25) is 0 Å². The van der Waals surface area contributed by atoms with E-state index in [-0.39, 0.29) is 22.7 Å². The summed E-state index contributed by atoms with van der Waals surface area (Å²) in [5.41, 5.74) is 1.62. The van der Waals surface area contributed by atoms with E-state index >= 15 is 0 Å². The Morgan fingerprint density at radius 2 is 1.87 bits per heavy atom. The number of aryl methyl sites for hydroxylation is 1. The number of anilines is 1. The highest BCUT2D eigenvalue weighted by Crippen LogP contribution is 2.36. The second-order valence-corrected chi connectivity index (χ2v) is 9.41. The van der Waals surface area contributed by atoms with Crippen LogP contribution < -0.4 is 10.1 Å². The van der Waals surface area contributed by atoms with Gasteiger partial charge in [0.15, 0.2) is 0 Å². The number of nitrogens with one attached hydrogen (secondary N) is 1. The lowest BCUT2D eigenvalue weighted by molar-refractivity contribution is -0.114. The maximum absolute atomic E-state index is 13.3. The van der Waals surface area contributed by atoms with E-state index in [0.29, 0.717) is 11.3 Å². The molecule has 0 saturated carbocycles. The van der Waals surface area contributed by atoms with E-state index in [1.54, 1.807) is 31.2 Å². The van der Waals surface area contributed by atoms with Gasteiger partial charge in [0, 0.05) is 13.2 Å². The van der Waals surface area contributed by atoms with E-state index in [4.69, 9.17) is 4.74 Å². The summed E-state index contributed by atoms with van der Waals surface area (Å²) in [6, 6.07) is 8.55. The van der Waals surface area contributed by atoms with Gasteiger partial charge >= 0.3 is 0 Å². The fraction of sp³-hybridized carbons (Fsp3) is 0.286. The van der Waals surface area contributed by atoms with Crippen LogP contribution in [-0.4, -0.2) is 50.2 Å². The molecule has 0 saturated heterocycles. The molecule has 0 bridgehead atoms. The molecule has 3 amide bonds. The number of nitrogens with zero attached hydrogens (tertiary/aromatic N) is 1. The van der Waals surface area contributed by atoms with Crippen molar-refractivity contribution in [1.82, 2.24) is 4.90 Å². The molecule has 1 aliphatic heterocycles. The lowest BCUT2D eigenvalue weighted by Gasteiger charge is -2.26. The molecule has 8 nitrogen and oxygen atoms in total. The number of rotatable bonds is 6. The van der Waals surface area contributed by atoms with Gasteiger partial charge in [0.25, 0.3) is 11.8 Å². The summed E-state index contributed by atoms with van der Waals surface area (Å²) in [7, 11) is -2.03. The van der Waals surface area contributed by atoms with E-state index in [2.05, 4.69) is 5.32 Å². The zero-order chi connectivity index (χ0) is 22.2. The molecule has 0 aliphatic carbocycles. The van der Waals surface area contributed by atoms with Crippen molar-refractivity contribution in [2.75, 3.05) is 24.4 Å². The molecule has 1 N–H and O–H groups in total. The minimum atomic E-state index is -3.55. The van der Waals surface area contributed by atoms with Crippen molar-refractivity contribution in [3.05, 3.63) is 58.7 Å². The third-order valence-electron chi connectivity index (χ3n) is 4.83. The molecule has 1 atom stereocenters. The molecule has 2 aromatic rings. The Balaban J connectivity index is 2.12. The molecule has 0 fully saturated rings. The van der Waals surface area contributed by atoms with Crippen molar-refractivity contribution in [3.63, 3.8) is 0 Å². The van der Waals surface area contributed by atoms with Crippen LogP contribution in [0.5, 0.6) is 5.75 Å². The number of carbonyl (C=O) groups is 3. The van der Waals surface area contributed by atoms with Gasteiger partial charge in [-0.1, -0.05) is 18.2 Å². The largest absolute Gasteiger partial charge is 0.496 e. The Bertz CT molecular complexity index is 1160. The minimum Gasteiger partial charge on any atom is -0.496 e. The third kappa shape index (κ3) is 4.06. The molecule has 0 radical (unpaired) electrons. The van der Waals surface area contributed by atoms with Crippen LogP contribution >= 0.6 is 0 Å². The summed E-state index contributed by atoms with van der Waals surface area (Å²) >= 11 is 0. The van der Waals surface area contributed by atoms with Crippen LogP contribution in [0, 0.1) is 6.92 Å². The molecule has 2 aromatic carbocycles. The first-order valence-electron chi connectivity index (χ1n) is 9.14. The molecule has 158 valence electrons. The van der Waals surface area contributed by atoms with Gasteiger partial charge in [-0.3, -0.25) is 19.3 Å². The number of amides is 3. The van der Waals surface area contributed by atoms with E-state index < -0.39 is 33.4 Å².